The fourth-order valence-electron chi connectivity index (χ4n) is 4.08. The summed E-state index contributed by atoms with van der Waals surface area (Å²) in [5.74, 6) is -3.82. The van der Waals surface area contributed by atoms with E-state index in [1.54, 1.807) is 31.2 Å². The van der Waals surface area contributed by atoms with Crippen molar-refractivity contribution in [1.29, 1.82) is 0 Å². The Labute approximate surface area is 259 Å². The molecule has 5 N–H and O–H groups in total. The Balaban J connectivity index is 0.000000676. The molecule has 1 fully saturated rings. The van der Waals surface area contributed by atoms with E-state index in [2.05, 4.69) is 31.0 Å². The average molecular weight is 655 g/mol. The number of carboxylic acids is 1. The third-order valence-electron chi connectivity index (χ3n) is 6.20. The lowest BCUT2D eigenvalue weighted by atomic mass is 10.0. The number of hydrogen-bond donors (Lipinski definition) is 5. The van der Waals surface area contributed by atoms with E-state index < -0.39 is 18.1 Å². The van der Waals surface area contributed by atoms with Crippen LogP contribution in [-0.4, -0.2) is 64.3 Å². The minimum Gasteiger partial charge on any atom is -0.475 e. The van der Waals surface area contributed by atoms with E-state index in [4.69, 9.17) is 33.1 Å². The third kappa shape index (κ3) is 9.47. The maximum Gasteiger partial charge on any atom is 0.490 e. The number of aromatic amines is 1. The maximum absolute atomic E-state index is 12.9. The molecule has 11 nitrogen and oxygen atoms in total. The zero-order valence-electron chi connectivity index (χ0n) is 23.0. The highest BCUT2D eigenvalue weighted by Crippen LogP contribution is 2.26. The number of carboxylic acid groups (broad SMARTS) is 1. The SMILES string of the molecule is C/C=C/C(=O)Nc1ccc(N2CCC(NC(=O)c3[nH]ncc3NC(=O)c3c(Cl)cccc3Cl)CC2)cc1.O=C(O)C(F)(F)F. The highest BCUT2D eigenvalue weighted by atomic mass is 35.5. The van der Waals surface area contributed by atoms with Crippen LogP contribution in [0, 0.1) is 0 Å². The molecule has 2 aromatic carbocycles. The average Bonchev–Trinajstić information content (AvgIpc) is 3.42. The summed E-state index contributed by atoms with van der Waals surface area (Å²) in [5, 5.41) is 22.6. The fourth-order valence-corrected chi connectivity index (χ4v) is 4.65. The van der Waals surface area contributed by atoms with Gasteiger partial charge in [0.1, 0.15) is 5.69 Å². The molecule has 3 amide bonds. The van der Waals surface area contributed by atoms with E-state index in [1.165, 1.54) is 12.3 Å². The third-order valence-corrected chi connectivity index (χ3v) is 6.83. The Hall–Kier alpha value is -4.56. The molecular formula is C28H27Cl2F3N6O5. The number of carbonyl (C=O) groups excluding carboxylic acids is 3. The Bertz CT molecular complexity index is 1500. The lowest BCUT2D eigenvalue weighted by molar-refractivity contribution is -0.192. The molecule has 0 saturated carbocycles. The van der Waals surface area contributed by atoms with Crippen molar-refractivity contribution < 1.29 is 37.5 Å². The summed E-state index contributed by atoms with van der Waals surface area (Å²) in [4.78, 5) is 48.5. The van der Waals surface area contributed by atoms with Crippen molar-refractivity contribution in [2.24, 2.45) is 0 Å². The van der Waals surface area contributed by atoms with Gasteiger partial charge < -0.3 is 26.0 Å². The minimum absolute atomic E-state index is 0.0343. The largest absolute Gasteiger partial charge is 0.490 e. The smallest absolute Gasteiger partial charge is 0.475 e. The first-order valence-electron chi connectivity index (χ1n) is 13.0. The molecule has 0 radical (unpaired) electrons. The Morgan fingerprint density at radius 3 is 2.14 bits per heavy atom. The highest BCUT2D eigenvalue weighted by Gasteiger charge is 2.38. The number of nitrogens with zero attached hydrogens (tertiary/aromatic N) is 2. The zero-order valence-corrected chi connectivity index (χ0v) is 24.6. The van der Waals surface area contributed by atoms with Gasteiger partial charge in [0.2, 0.25) is 5.91 Å². The number of allylic oxidation sites excluding steroid dienone is 1. The molecule has 4 rings (SSSR count). The number of aliphatic carboxylic acids is 1. The normalized spacial score (nSPS) is 13.5. The molecule has 1 aliphatic rings. The number of rotatable bonds is 7. The summed E-state index contributed by atoms with van der Waals surface area (Å²) >= 11 is 12.2. The number of nitrogens with one attached hydrogen (secondary N) is 4. The van der Waals surface area contributed by atoms with Crippen molar-refractivity contribution in [2.75, 3.05) is 28.6 Å². The highest BCUT2D eigenvalue weighted by molar-refractivity contribution is 6.40. The van der Waals surface area contributed by atoms with Crippen LogP contribution in [-0.2, 0) is 9.59 Å². The van der Waals surface area contributed by atoms with Gasteiger partial charge in [-0.05, 0) is 62.2 Å². The standard InChI is InChI=1S/C26H26Cl2N6O3.C2HF3O2/c1-2-4-22(35)30-16-7-9-18(10-8-16)34-13-11-17(12-14-34)31-26(37)24-21(15-29-33-24)32-25(36)23-19(27)5-3-6-20(23)28;3-2(4,5)1(6)7/h2-10,15,17H,11-14H2,1H3,(H,29,33)(H,30,35)(H,31,37)(H,32,36);(H,6,7)/b4-2+;. The summed E-state index contributed by atoms with van der Waals surface area (Å²) in [6.45, 7) is 3.30. The monoisotopic (exact) mass is 654 g/mol. The summed E-state index contributed by atoms with van der Waals surface area (Å²) in [6, 6.07) is 12.4. The second-order valence-corrected chi connectivity index (χ2v) is 10.1. The molecule has 3 aromatic rings. The summed E-state index contributed by atoms with van der Waals surface area (Å²) < 4.78 is 31.7. The summed E-state index contributed by atoms with van der Waals surface area (Å²) in [6.07, 6.45) is 0.937. The number of alkyl halides is 3. The van der Waals surface area contributed by atoms with Crippen molar-refractivity contribution >= 4 is 64.0 Å². The van der Waals surface area contributed by atoms with Crippen LogP contribution in [0.1, 0.15) is 40.6 Å². The molecule has 0 atom stereocenters. The number of benzene rings is 2. The van der Waals surface area contributed by atoms with Crippen LogP contribution < -0.4 is 20.9 Å². The van der Waals surface area contributed by atoms with Gasteiger partial charge in [0.15, 0.2) is 0 Å². The Kier molecular flexibility index (Phi) is 11.8. The second kappa shape index (κ2) is 15.3. The van der Waals surface area contributed by atoms with E-state index in [9.17, 15) is 27.6 Å². The first-order valence-corrected chi connectivity index (χ1v) is 13.7. The molecule has 234 valence electrons. The van der Waals surface area contributed by atoms with E-state index in [-0.39, 0.29) is 44.8 Å². The van der Waals surface area contributed by atoms with E-state index in [0.29, 0.717) is 0 Å². The Morgan fingerprint density at radius 2 is 1.59 bits per heavy atom. The molecule has 0 aliphatic carbocycles. The number of amides is 3. The second-order valence-electron chi connectivity index (χ2n) is 9.28. The van der Waals surface area contributed by atoms with Gasteiger partial charge in [0.25, 0.3) is 11.8 Å². The molecule has 1 aromatic heterocycles. The van der Waals surface area contributed by atoms with Gasteiger partial charge in [-0.1, -0.05) is 35.3 Å². The first-order chi connectivity index (χ1) is 20.8. The quantitative estimate of drug-likeness (QED) is 0.210. The van der Waals surface area contributed by atoms with E-state index in [1.807, 2.05) is 24.3 Å². The summed E-state index contributed by atoms with van der Waals surface area (Å²) in [7, 11) is 0. The van der Waals surface area contributed by atoms with Crippen molar-refractivity contribution in [3.8, 4) is 0 Å². The van der Waals surface area contributed by atoms with Crippen LogP contribution in [0.5, 0.6) is 0 Å². The van der Waals surface area contributed by atoms with Gasteiger partial charge in [-0.25, -0.2) is 4.79 Å². The van der Waals surface area contributed by atoms with Crippen LogP contribution in [0.4, 0.5) is 30.2 Å². The van der Waals surface area contributed by atoms with Crippen LogP contribution in [0.3, 0.4) is 0 Å². The first kappa shape index (κ1) is 33.9. The molecule has 0 bridgehead atoms. The zero-order chi connectivity index (χ0) is 32.4. The number of carbonyl (C=O) groups is 4. The van der Waals surface area contributed by atoms with Crippen LogP contribution in [0.2, 0.25) is 10.0 Å². The molecule has 0 unspecified atom stereocenters. The van der Waals surface area contributed by atoms with E-state index >= 15 is 0 Å². The van der Waals surface area contributed by atoms with Gasteiger partial charge in [0.05, 0.1) is 27.5 Å². The number of anilines is 3. The number of H-pyrrole nitrogens is 1. The van der Waals surface area contributed by atoms with Gasteiger partial charge in [0, 0.05) is 30.5 Å². The van der Waals surface area contributed by atoms with Crippen molar-refractivity contribution in [3.63, 3.8) is 0 Å². The van der Waals surface area contributed by atoms with Crippen molar-refractivity contribution in [1.82, 2.24) is 15.5 Å². The van der Waals surface area contributed by atoms with Crippen LogP contribution in [0.15, 0.2) is 60.8 Å². The number of halogens is 5. The molecule has 16 heteroatoms. The lowest BCUT2D eigenvalue weighted by Gasteiger charge is -2.34. The van der Waals surface area contributed by atoms with Crippen molar-refractivity contribution in [2.45, 2.75) is 32.0 Å². The van der Waals surface area contributed by atoms with Crippen LogP contribution in [0.25, 0.3) is 0 Å². The van der Waals surface area contributed by atoms with Gasteiger partial charge >= 0.3 is 12.1 Å². The Morgan fingerprint density at radius 1 is 1.00 bits per heavy atom. The summed E-state index contributed by atoms with van der Waals surface area (Å²) in [5.41, 5.74) is 2.28. The number of aromatic nitrogens is 2. The molecular weight excluding hydrogens is 628 g/mol. The molecule has 1 saturated heterocycles. The van der Waals surface area contributed by atoms with Crippen molar-refractivity contribution in [3.05, 3.63) is 82.1 Å². The maximum atomic E-state index is 12.9. The molecule has 2 heterocycles. The predicted octanol–water partition coefficient (Wildman–Crippen LogP) is 5.52. The molecule has 44 heavy (non-hydrogen) atoms. The van der Waals surface area contributed by atoms with Gasteiger partial charge in [-0.3, -0.25) is 19.5 Å². The molecule has 1 aliphatic heterocycles. The van der Waals surface area contributed by atoms with Crippen LogP contribution >= 0.6 is 23.2 Å². The number of hydrogen-bond acceptors (Lipinski definition) is 6. The predicted molar refractivity (Wildman–Crippen MR) is 159 cm³/mol. The van der Waals surface area contributed by atoms with Gasteiger partial charge in [-0.15, -0.1) is 0 Å². The topological polar surface area (TPSA) is 157 Å². The molecule has 0 spiro atoms. The lowest BCUT2D eigenvalue weighted by Crippen LogP contribution is -2.45. The van der Waals surface area contributed by atoms with Gasteiger partial charge in [-0.2, -0.15) is 18.3 Å². The fraction of sp³-hybridized carbons (Fsp3) is 0.250. The number of piperidine rings is 1. The minimum atomic E-state index is -5.08. The van der Waals surface area contributed by atoms with E-state index in [0.717, 1.165) is 37.3 Å².